The third-order valence-corrected chi connectivity index (χ3v) is 6.83. The van der Waals surface area contributed by atoms with Crippen LogP contribution in [0.25, 0.3) is 11.0 Å². The lowest BCUT2D eigenvalue weighted by atomic mass is 10.1. The number of anilines is 1. The number of fused-ring (bicyclic) bond motifs is 4. The average Bonchev–Trinajstić information content (AvgIpc) is 3.19. The van der Waals surface area contributed by atoms with Gasteiger partial charge in [0, 0.05) is 43.4 Å². The summed E-state index contributed by atoms with van der Waals surface area (Å²) in [4.78, 5) is 27.5. The molecule has 6 nitrogen and oxygen atoms in total. The summed E-state index contributed by atoms with van der Waals surface area (Å²) in [6.45, 7) is 6.75. The van der Waals surface area contributed by atoms with E-state index < -0.39 is 0 Å². The number of carbonyl (C=O) groups is 1. The first kappa shape index (κ1) is 20.9. The first-order valence-electron chi connectivity index (χ1n) is 11.7. The molecule has 0 saturated carbocycles. The number of aromatic nitrogens is 2. The minimum atomic E-state index is -0.0514. The summed E-state index contributed by atoms with van der Waals surface area (Å²) in [5.74, 6) is -0.0514. The van der Waals surface area contributed by atoms with Crippen LogP contribution in [0, 0.1) is 0 Å². The molecule has 1 fully saturated rings. The Morgan fingerprint density at radius 2 is 1.75 bits per heavy atom. The van der Waals surface area contributed by atoms with Gasteiger partial charge in [-0.25, -0.2) is 4.98 Å². The highest BCUT2D eigenvalue weighted by atomic mass is 16.2. The van der Waals surface area contributed by atoms with E-state index in [0.29, 0.717) is 36.9 Å². The normalized spacial score (nSPS) is 21.8. The fraction of sp³-hybridized carbons (Fsp3) is 0.423. The van der Waals surface area contributed by atoms with E-state index >= 15 is 0 Å². The molecule has 1 N–H and O–H groups in total. The maximum atomic E-state index is 13.7. The molecule has 1 saturated heterocycles. The zero-order valence-electron chi connectivity index (χ0n) is 18.9. The lowest BCUT2D eigenvalue weighted by Gasteiger charge is -2.36. The number of rotatable bonds is 2. The number of carbonyl (C=O) groups excluding carboxylic acids is 1. The molecule has 2 aliphatic rings. The molecule has 2 bridgehead atoms. The van der Waals surface area contributed by atoms with Crippen LogP contribution in [0.1, 0.15) is 49.2 Å². The van der Waals surface area contributed by atoms with Crippen molar-refractivity contribution in [3.05, 3.63) is 66.0 Å². The van der Waals surface area contributed by atoms with Crippen LogP contribution in [-0.2, 0) is 6.54 Å². The minimum Gasteiger partial charge on any atom is -0.385 e. The van der Waals surface area contributed by atoms with Crippen LogP contribution in [0.15, 0.2) is 54.7 Å². The summed E-state index contributed by atoms with van der Waals surface area (Å²) < 4.78 is 0. The van der Waals surface area contributed by atoms with E-state index in [9.17, 15) is 4.79 Å². The summed E-state index contributed by atoms with van der Waals surface area (Å²) in [5, 5.41) is 3.63. The lowest BCUT2D eigenvalue weighted by Crippen LogP contribution is -2.48. The quantitative estimate of drug-likeness (QED) is 0.657. The summed E-state index contributed by atoms with van der Waals surface area (Å²) in [7, 11) is 0. The molecule has 1 aromatic heterocycles. The maximum absolute atomic E-state index is 13.7. The summed E-state index contributed by atoms with van der Waals surface area (Å²) in [6, 6.07) is 17.4. The van der Waals surface area contributed by atoms with E-state index in [1.807, 2.05) is 35.2 Å². The molecular formula is C26H31N5O. The van der Waals surface area contributed by atoms with Crippen LogP contribution in [0.5, 0.6) is 0 Å². The van der Waals surface area contributed by atoms with Gasteiger partial charge < -0.3 is 10.2 Å². The fourth-order valence-electron chi connectivity index (χ4n) is 5.41. The van der Waals surface area contributed by atoms with E-state index in [1.165, 1.54) is 6.42 Å². The van der Waals surface area contributed by atoms with E-state index in [0.717, 1.165) is 41.7 Å². The van der Waals surface area contributed by atoms with Gasteiger partial charge in [0.15, 0.2) is 0 Å². The first-order valence-corrected chi connectivity index (χ1v) is 11.7. The second-order valence-corrected chi connectivity index (χ2v) is 9.23. The Labute approximate surface area is 189 Å². The Morgan fingerprint density at radius 3 is 2.59 bits per heavy atom. The molecule has 6 heteroatoms. The van der Waals surface area contributed by atoms with Crippen molar-refractivity contribution in [3.63, 3.8) is 0 Å². The van der Waals surface area contributed by atoms with Crippen molar-refractivity contribution in [2.45, 2.75) is 57.8 Å². The fourth-order valence-corrected chi connectivity index (χ4v) is 5.41. The zero-order valence-corrected chi connectivity index (χ0v) is 18.9. The molecule has 3 heterocycles. The molecule has 0 spiro atoms. The smallest absolute Gasteiger partial charge is 0.274 e. The largest absolute Gasteiger partial charge is 0.385 e. The second kappa shape index (κ2) is 8.87. The van der Waals surface area contributed by atoms with E-state index in [1.54, 1.807) is 6.20 Å². The van der Waals surface area contributed by atoms with Crippen LogP contribution < -0.4 is 5.32 Å². The van der Waals surface area contributed by atoms with Gasteiger partial charge in [-0.3, -0.25) is 14.7 Å². The predicted molar refractivity (Wildman–Crippen MR) is 128 cm³/mol. The van der Waals surface area contributed by atoms with Crippen molar-refractivity contribution in [1.82, 2.24) is 19.8 Å². The molecule has 166 valence electrons. The Bertz CT molecular complexity index is 1110. The van der Waals surface area contributed by atoms with Gasteiger partial charge in [-0.05, 0) is 56.9 Å². The standard InChI is InChI=1S/C26H31N5O/c1-18(2)31-20-11-12-21(31)17-30(16-19-7-3-4-8-22(19)27-14-13-20)26(32)25-15-28-23-9-5-6-10-24(23)29-25/h3-10,15,18,20-21,27H,11-14,16-17H2,1-2H3/t20-,21+/m1/s1. The Kier molecular flexibility index (Phi) is 5.79. The molecule has 32 heavy (non-hydrogen) atoms. The van der Waals surface area contributed by atoms with Gasteiger partial charge in [0.05, 0.1) is 17.2 Å². The molecule has 0 radical (unpaired) electrons. The third-order valence-electron chi connectivity index (χ3n) is 6.83. The monoisotopic (exact) mass is 429 g/mol. The molecule has 2 aromatic carbocycles. The van der Waals surface area contributed by atoms with Crippen molar-refractivity contribution < 1.29 is 4.79 Å². The molecule has 0 unspecified atom stereocenters. The van der Waals surface area contributed by atoms with Crippen LogP contribution in [0.2, 0.25) is 0 Å². The highest BCUT2D eigenvalue weighted by molar-refractivity contribution is 5.94. The van der Waals surface area contributed by atoms with Crippen molar-refractivity contribution in [1.29, 1.82) is 0 Å². The Morgan fingerprint density at radius 1 is 1.00 bits per heavy atom. The molecule has 1 amide bonds. The number of nitrogens with zero attached hydrogens (tertiary/aromatic N) is 4. The highest BCUT2D eigenvalue weighted by Gasteiger charge is 2.37. The van der Waals surface area contributed by atoms with Crippen LogP contribution >= 0.6 is 0 Å². The predicted octanol–water partition coefficient (Wildman–Crippen LogP) is 4.33. The van der Waals surface area contributed by atoms with Crippen LogP contribution in [0.4, 0.5) is 5.69 Å². The van der Waals surface area contributed by atoms with Crippen molar-refractivity contribution in [2.24, 2.45) is 0 Å². The molecule has 2 aliphatic heterocycles. The van der Waals surface area contributed by atoms with Gasteiger partial charge in [0.25, 0.3) is 5.91 Å². The number of benzene rings is 2. The first-order chi connectivity index (χ1) is 15.6. The van der Waals surface area contributed by atoms with Crippen LogP contribution in [0.3, 0.4) is 0 Å². The topological polar surface area (TPSA) is 61.4 Å². The second-order valence-electron chi connectivity index (χ2n) is 9.23. The van der Waals surface area contributed by atoms with Crippen molar-refractivity contribution in [2.75, 3.05) is 18.4 Å². The van der Waals surface area contributed by atoms with Gasteiger partial charge >= 0.3 is 0 Å². The third kappa shape index (κ3) is 4.07. The SMILES string of the molecule is CC(C)N1[C@H]2CCNc3ccccc3CN(C(=O)c3cnc4ccccc4n3)C[C@@H]1CC2. The molecular weight excluding hydrogens is 398 g/mol. The number of hydrogen-bond acceptors (Lipinski definition) is 5. The van der Waals surface area contributed by atoms with Gasteiger partial charge in [-0.1, -0.05) is 30.3 Å². The minimum absolute atomic E-state index is 0.0514. The van der Waals surface area contributed by atoms with Gasteiger partial charge in [0.1, 0.15) is 5.69 Å². The zero-order chi connectivity index (χ0) is 22.1. The van der Waals surface area contributed by atoms with Gasteiger partial charge in [0.2, 0.25) is 0 Å². The molecule has 5 rings (SSSR count). The summed E-state index contributed by atoms with van der Waals surface area (Å²) in [6.07, 6.45) is 5.05. The van der Waals surface area contributed by atoms with Gasteiger partial charge in [-0.2, -0.15) is 0 Å². The number of amides is 1. The summed E-state index contributed by atoms with van der Waals surface area (Å²) in [5.41, 5.74) is 4.23. The average molecular weight is 430 g/mol. The van der Waals surface area contributed by atoms with Crippen molar-refractivity contribution in [3.8, 4) is 0 Å². The Balaban J connectivity index is 1.52. The number of nitrogens with one attached hydrogen (secondary N) is 1. The van der Waals surface area contributed by atoms with Crippen LogP contribution in [-0.4, -0.2) is 56.9 Å². The lowest BCUT2D eigenvalue weighted by molar-refractivity contribution is 0.0628. The maximum Gasteiger partial charge on any atom is 0.274 e. The molecule has 2 atom stereocenters. The molecule has 3 aromatic rings. The summed E-state index contributed by atoms with van der Waals surface area (Å²) >= 11 is 0. The number of para-hydroxylation sites is 3. The Hall–Kier alpha value is -2.99. The van der Waals surface area contributed by atoms with E-state index in [-0.39, 0.29) is 5.91 Å². The van der Waals surface area contributed by atoms with Crippen molar-refractivity contribution >= 4 is 22.6 Å². The number of hydrogen-bond donors (Lipinski definition) is 1. The van der Waals surface area contributed by atoms with Gasteiger partial charge in [-0.15, -0.1) is 0 Å². The van der Waals surface area contributed by atoms with E-state index in [2.05, 4.69) is 52.2 Å². The molecule has 0 aliphatic carbocycles. The highest BCUT2D eigenvalue weighted by Crippen LogP contribution is 2.31. The van der Waals surface area contributed by atoms with E-state index in [4.69, 9.17) is 0 Å².